The van der Waals surface area contributed by atoms with Crippen molar-refractivity contribution in [3.8, 4) is 0 Å². The van der Waals surface area contributed by atoms with Crippen LogP contribution in [0, 0.1) is 5.41 Å². The number of hydrogen-bond donors (Lipinski definition) is 3. The minimum atomic E-state index is -0.353. The normalized spacial score (nSPS) is 18.9. The molecular formula is C19H30N2O2. The second kappa shape index (κ2) is 7.82. The average molecular weight is 318 g/mol. The number of carbonyl (C=O) groups is 1. The van der Waals surface area contributed by atoms with E-state index in [1.54, 1.807) is 6.92 Å². The smallest absolute Gasteiger partial charge is 0.314 e. The van der Waals surface area contributed by atoms with Gasteiger partial charge in [-0.15, -0.1) is 0 Å². The van der Waals surface area contributed by atoms with E-state index in [9.17, 15) is 9.90 Å². The van der Waals surface area contributed by atoms with Gasteiger partial charge < -0.3 is 15.7 Å². The van der Waals surface area contributed by atoms with Crippen LogP contribution in [0.1, 0.15) is 57.1 Å². The minimum Gasteiger partial charge on any atom is -0.393 e. The molecule has 2 atom stereocenters. The predicted molar refractivity (Wildman–Crippen MR) is 93.6 cm³/mol. The zero-order chi connectivity index (χ0) is 16.9. The molecule has 0 saturated heterocycles. The van der Waals surface area contributed by atoms with E-state index in [-0.39, 0.29) is 17.6 Å². The topological polar surface area (TPSA) is 61.4 Å². The first-order valence-corrected chi connectivity index (χ1v) is 8.65. The fourth-order valence-electron chi connectivity index (χ4n) is 3.54. The zero-order valence-corrected chi connectivity index (χ0v) is 14.6. The summed E-state index contributed by atoms with van der Waals surface area (Å²) in [6.45, 7) is 7.13. The van der Waals surface area contributed by atoms with Gasteiger partial charge in [0.15, 0.2) is 0 Å². The molecule has 1 aromatic carbocycles. The molecule has 2 rings (SSSR count). The van der Waals surface area contributed by atoms with Gasteiger partial charge in [0.25, 0.3) is 0 Å². The van der Waals surface area contributed by atoms with Gasteiger partial charge in [0, 0.05) is 19.0 Å². The van der Waals surface area contributed by atoms with E-state index in [4.69, 9.17) is 0 Å². The quantitative estimate of drug-likeness (QED) is 0.754. The number of amides is 2. The molecule has 2 unspecified atom stereocenters. The Bertz CT molecular complexity index is 526. The third kappa shape index (κ3) is 5.54. The number of rotatable bonds is 6. The third-order valence-electron chi connectivity index (χ3n) is 4.58. The van der Waals surface area contributed by atoms with Crippen molar-refractivity contribution in [2.45, 2.75) is 58.5 Å². The highest BCUT2D eigenvalue weighted by Crippen LogP contribution is 2.30. The first-order chi connectivity index (χ1) is 10.9. The summed E-state index contributed by atoms with van der Waals surface area (Å²) in [4.78, 5) is 12.0. The van der Waals surface area contributed by atoms with Crippen LogP contribution in [0.15, 0.2) is 24.3 Å². The molecule has 0 fully saturated rings. The first kappa shape index (κ1) is 17.8. The van der Waals surface area contributed by atoms with Crippen LogP contribution in [0.25, 0.3) is 0 Å². The van der Waals surface area contributed by atoms with Crippen molar-refractivity contribution in [2.75, 3.05) is 13.1 Å². The summed E-state index contributed by atoms with van der Waals surface area (Å²) < 4.78 is 0. The molecule has 1 aliphatic rings. The Kier molecular flexibility index (Phi) is 6.05. The number of benzene rings is 1. The summed E-state index contributed by atoms with van der Waals surface area (Å²) in [6.07, 6.45) is 3.78. The number of aliphatic hydroxyl groups is 1. The molecule has 0 spiro atoms. The molecule has 23 heavy (non-hydrogen) atoms. The highest BCUT2D eigenvalue weighted by molar-refractivity contribution is 5.73. The lowest BCUT2D eigenvalue weighted by atomic mass is 9.83. The SMILES string of the molecule is CC(O)CC(C)(C)CNC(=O)NCC1CCCc2ccccc21. The number of urea groups is 1. The van der Waals surface area contributed by atoms with E-state index in [1.165, 1.54) is 17.5 Å². The summed E-state index contributed by atoms with van der Waals surface area (Å²) in [5.74, 6) is 0.413. The number of nitrogens with one attached hydrogen (secondary N) is 2. The summed E-state index contributed by atoms with van der Waals surface area (Å²) in [5, 5.41) is 15.4. The number of carbonyl (C=O) groups excluding carboxylic acids is 1. The molecule has 0 aromatic heterocycles. The standard InChI is InChI=1S/C19H30N2O2/c1-14(22)11-19(2,3)13-21-18(23)20-12-16-9-6-8-15-7-4-5-10-17(15)16/h4-5,7,10,14,16,22H,6,8-9,11-13H2,1-3H3,(H2,20,21,23). The van der Waals surface area contributed by atoms with E-state index in [0.717, 1.165) is 12.8 Å². The molecule has 0 heterocycles. The molecule has 128 valence electrons. The summed E-state index contributed by atoms with van der Waals surface area (Å²) in [5.41, 5.74) is 2.70. The average Bonchev–Trinajstić information content (AvgIpc) is 2.49. The first-order valence-electron chi connectivity index (χ1n) is 8.65. The Morgan fingerprint density at radius 1 is 1.35 bits per heavy atom. The van der Waals surface area contributed by atoms with Gasteiger partial charge in [-0.3, -0.25) is 0 Å². The monoisotopic (exact) mass is 318 g/mol. The lowest BCUT2D eigenvalue weighted by molar-refractivity contribution is 0.129. The highest BCUT2D eigenvalue weighted by atomic mass is 16.3. The Morgan fingerprint density at radius 3 is 2.83 bits per heavy atom. The van der Waals surface area contributed by atoms with Crippen molar-refractivity contribution >= 4 is 6.03 Å². The molecular weight excluding hydrogens is 288 g/mol. The van der Waals surface area contributed by atoms with Gasteiger partial charge in [-0.1, -0.05) is 38.1 Å². The van der Waals surface area contributed by atoms with Crippen molar-refractivity contribution in [3.63, 3.8) is 0 Å². The maximum Gasteiger partial charge on any atom is 0.314 e. The number of aryl methyl sites for hydroxylation is 1. The predicted octanol–water partition coefficient (Wildman–Crippen LogP) is 3.20. The summed E-state index contributed by atoms with van der Waals surface area (Å²) in [7, 11) is 0. The molecule has 0 aliphatic heterocycles. The van der Waals surface area contributed by atoms with Gasteiger partial charge >= 0.3 is 6.03 Å². The molecule has 4 heteroatoms. The van der Waals surface area contributed by atoms with E-state index < -0.39 is 0 Å². The van der Waals surface area contributed by atoms with Gasteiger partial charge in [-0.05, 0) is 49.1 Å². The zero-order valence-electron chi connectivity index (χ0n) is 14.6. The third-order valence-corrected chi connectivity index (χ3v) is 4.58. The van der Waals surface area contributed by atoms with Crippen molar-refractivity contribution in [3.05, 3.63) is 35.4 Å². The van der Waals surface area contributed by atoms with Crippen LogP contribution in [0.2, 0.25) is 0 Å². The van der Waals surface area contributed by atoms with Crippen molar-refractivity contribution < 1.29 is 9.90 Å². The largest absolute Gasteiger partial charge is 0.393 e. The second-order valence-corrected chi connectivity index (χ2v) is 7.57. The number of hydrogen-bond acceptors (Lipinski definition) is 2. The number of fused-ring (bicyclic) bond motifs is 1. The maximum atomic E-state index is 12.0. The molecule has 3 N–H and O–H groups in total. The lowest BCUT2D eigenvalue weighted by Crippen LogP contribution is -2.43. The van der Waals surface area contributed by atoms with Crippen LogP contribution in [0.3, 0.4) is 0 Å². The summed E-state index contributed by atoms with van der Waals surface area (Å²) in [6, 6.07) is 8.43. The van der Waals surface area contributed by atoms with E-state index in [2.05, 4.69) is 48.7 Å². The molecule has 1 aromatic rings. The van der Waals surface area contributed by atoms with Gasteiger partial charge in [0.2, 0.25) is 0 Å². The van der Waals surface area contributed by atoms with Crippen molar-refractivity contribution in [2.24, 2.45) is 5.41 Å². The van der Waals surface area contributed by atoms with Crippen LogP contribution in [0.4, 0.5) is 4.79 Å². The van der Waals surface area contributed by atoms with Crippen LogP contribution < -0.4 is 10.6 Å². The highest BCUT2D eigenvalue weighted by Gasteiger charge is 2.22. The van der Waals surface area contributed by atoms with Gasteiger partial charge in [0.1, 0.15) is 0 Å². The molecule has 0 saturated carbocycles. The molecule has 0 bridgehead atoms. The molecule has 0 radical (unpaired) electrons. The molecule has 4 nitrogen and oxygen atoms in total. The Balaban J connectivity index is 1.79. The molecule has 2 amide bonds. The van der Waals surface area contributed by atoms with Gasteiger partial charge in [0.05, 0.1) is 6.10 Å². The minimum absolute atomic E-state index is 0.108. The lowest BCUT2D eigenvalue weighted by Gasteiger charge is -2.28. The van der Waals surface area contributed by atoms with Gasteiger partial charge in [-0.25, -0.2) is 4.79 Å². The molecule has 1 aliphatic carbocycles. The van der Waals surface area contributed by atoms with Crippen molar-refractivity contribution in [1.29, 1.82) is 0 Å². The Labute approximate surface area is 139 Å². The maximum absolute atomic E-state index is 12.0. The number of aliphatic hydroxyl groups excluding tert-OH is 1. The van der Waals surface area contributed by atoms with Crippen molar-refractivity contribution in [1.82, 2.24) is 10.6 Å². The Hall–Kier alpha value is -1.55. The summed E-state index contributed by atoms with van der Waals surface area (Å²) >= 11 is 0. The van der Waals surface area contributed by atoms with E-state index in [0.29, 0.717) is 25.4 Å². The fraction of sp³-hybridized carbons (Fsp3) is 0.632. The second-order valence-electron chi connectivity index (χ2n) is 7.57. The van der Waals surface area contributed by atoms with Crippen LogP contribution in [-0.2, 0) is 6.42 Å². The van der Waals surface area contributed by atoms with E-state index >= 15 is 0 Å². The Morgan fingerprint density at radius 2 is 2.09 bits per heavy atom. The van der Waals surface area contributed by atoms with Crippen LogP contribution in [0.5, 0.6) is 0 Å². The van der Waals surface area contributed by atoms with Crippen LogP contribution >= 0.6 is 0 Å². The fourth-order valence-corrected chi connectivity index (χ4v) is 3.54. The van der Waals surface area contributed by atoms with Crippen LogP contribution in [-0.4, -0.2) is 30.3 Å². The van der Waals surface area contributed by atoms with E-state index in [1.807, 2.05) is 0 Å². The van der Waals surface area contributed by atoms with Gasteiger partial charge in [-0.2, -0.15) is 0 Å².